The average molecular weight is 203 g/mol. The number of likely N-dealkylation sites (tertiary alicyclic amines) is 1. The average Bonchev–Trinajstić information content (AvgIpc) is 2.51. The zero-order chi connectivity index (χ0) is 11.1. The summed E-state index contributed by atoms with van der Waals surface area (Å²) in [6.07, 6.45) is 0.821. The molecule has 1 aliphatic rings. The number of aliphatic hydroxyl groups is 1. The summed E-state index contributed by atoms with van der Waals surface area (Å²) in [7, 11) is 0. The monoisotopic (exact) mass is 203 g/mol. The summed E-state index contributed by atoms with van der Waals surface area (Å²) in [5.41, 5.74) is 0. The third-order valence-corrected chi connectivity index (χ3v) is 2.23. The van der Waals surface area contributed by atoms with Gasteiger partial charge >= 0.3 is 5.97 Å². The first-order chi connectivity index (χ1) is 6.66. The fourth-order valence-corrected chi connectivity index (χ4v) is 1.70. The van der Waals surface area contributed by atoms with E-state index in [2.05, 4.69) is 0 Å². The van der Waals surface area contributed by atoms with Crippen LogP contribution in [0.1, 0.15) is 33.6 Å². The zero-order valence-electron chi connectivity index (χ0n) is 9.23. The number of hydrogen-bond acceptors (Lipinski definition) is 3. The lowest BCUT2D eigenvalue weighted by Crippen LogP contribution is -2.42. The van der Waals surface area contributed by atoms with Crippen molar-refractivity contribution in [1.82, 2.24) is 4.90 Å². The predicted molar refractivity (Wildman–Crippen MR) is 55.3 cm³/mol. The summed E-state index contributed by atoms with van der Waals surface area (Å²) in [6, 6.07) is -0.676. The largest absolute Gasteiger partial charge is 0.480 e. The van der Waals surface area contributed by atoms with Crippen LogP contribution in [0, 0.1) is 0 Å². The number of carbonyl (C=O) groups is 1. The van der Waals surface area contributed by atoms with E-state index in [9.17, 15) is 9.90 Å². The highest BCUT2D eigenvalue weighted by Gasteiger charge is 2.37. The first-order valence-electron chi connectivity index (χ1n) is 5.31. The van der Waals surface area contributed by atoms with Gasteiger partial charge in [-0.15, -0.1) is 0 Å². The van der Waals surface area contributed by atoms with Crippen LogP contribution in [-0.2, 0) is 4.79 Å². The molecule has 2 unspecified atom stereocenters. The van der Waals surface area contributed by atoms with Gasteiger partial charge in [0.15, 0.2) is 0 Å². The Hall–Kier alpha value is -0.610. The van der Waals surface area contributed by atoms with E-state index in [1.165, 1.54) is 0 Å². The lowest BCUT2D eigenvalue weighted by atomic mass is 10.2. The summed E-state index contributed by atoms with van der Waals surface area (Å²) >= 11 is 0. The van der Waals surface area contributed by atoms with Crippen molar-refractivity contribution in [1.29, 1.82) is 0 Å². The standard InChI is InChI=1S/C8H15NO3.C2H6/c1-2-4-9-5-3-6(10)7(9)8(11)12;1-2/h6-7,10H,2-5H2,1H3,(H,11,12);1-2H3. The minimum atomic E-state index is -0.909. The number of rotatable bonds is 3. The third-order valence-electron chi connectivity index (χ3n) is 2.23. The Labute approximate surface area is 85.5 Å². The van der Waals surface area contributed by atoms with Crippen LogP contribution in [0.3, 0.4) is 0 Å². The third kappa shape index (κ3) is 3.27. The molecule has 0 aromatic heterocycles. The lowest BCUT2D eigenvalue weighted by molar-refractivity contribution is -0.144. The molecule has 0 saturated carbocycles. The lowest BCUT2D eigenvalue weighted by Gasteiger charge is -2.21. The van der Waals surface area contributed by atoms with Gasteiger partial charge in [-0.2, -0.15) is 0 Å². The summed E-state index contributed by atoms with van der Waals surface area (Å²) < 4.78 is 0. The molecule has 14 heavy (non-hydrogen) atoms. The summed E-state index contributed by atoms with van der Waals surface area (Å²) in [6.45, 7) is 7.46. The molecule has 1 aliphatic heterocycles. The Morgan fingerprint density at radius 1 is 1.50 bits per heavy atom. The normalized spacial score (nSPS) is 26.9. The molecule has 4 nitrogen and oxygen atoms in total. The van der Waals surface area contributed by atoms with Crippen LogP contribution in [0.5, 0.6) is 0 Å². The first kappa shape index (κ1) is 13.4. The van der Waals surface area contributed by atoms with E-state index >= 15 is 0 Å². The maximum atomic E-state index is 10.7. The van der Waals surface area contributed by atoms with Crippen LogP contribution in [0.2, 0.25) is 0 Å². The summed E-state index contributed by atoms with van der Waals surface area (Å²) in [5.74, 6) is -0.909. The molecule has 1 heterocycles. The number of aliphatic hydroxyl groups excluding tert-OH is 1. The van der Waals surface area contributed by atoms with Crippen molar-refractivity contribution in [3.8, 4) is 0 Å². The summed E-state index contributed by atoms with van der Waals surface area (Å²) in [4.78, 5) is 12.5. The fourth-order valence-electron chi connectivity index (χ4n) is 1.70. The van der Waals surface area contributed by atoms with Gasteiger partial charge in [0.25, 0.3) is 0 Å². The number of carboxylic acids is 1. The van der Waals surface area contributed by atoms with Crippen LogP contribution < -0.4 is 0 Å². The smallest absolute Gasteiger partial charge is 0.323 e. The maximum Gasteiger partial charge on any atom is 0.323 e. The van der Waals surface area contributed by atoms with Gasteiger partial charge in [0.2, 0.25) is 0 Å². The summed E-state index contributed by atoms with van der Waals surface area (Å²) in [5, 5.41) is 18.1. The molecule has 0 bridgehead atoms. The molecule has 2 atom stereocenters. The van der Waals surface area contributed by atoms with Gasteiger partial charge in [0.05, 0.1) is 6.10 Å². The van der Waals surface area contributed by atoms with Crippen molar-refractivity contribution >= 4 is 5.97 Å². The highest BCUT2D eigenvalue weighted by atomic mass is 16.4. The van der Waals surface area contributed by atoms with Crippen LogP contribution in [0.15, 0.2) is 0 Å². The quantitative estimate of drug-likeness (QED) is 0.716. The van der Waals surface area contributed by atoms with Crippen molar-refractivity contribution in [2.24, 2.45) is 0 Å². The van der Waals surface area contributed by atoms with Crippen LogP contribution in [0.25, 0.3) is 0 Å². The molecule has 0 amide bonds. The molecule has 0 spiro atoms. The van der Waals surface area contributed by atoms with Gasteiger partial charge in [-0.1, -0.05) is 20.8 Å². The molecule has 0 aromatic rings. The molecule has 84 valence electrons. The maximum absolute atomic E-state index is 10.7. The van der Waals surface area contributed by atoms with Gasteiger partial charge in [0.1, 0.15) is 6.04 Å². The minimum Gasteiger partial charge on any atom is -0.480 e. The molecule has 1 saturated heterocycles. The number of hydrogen-bond donors (Lipinski definition) is 2. The molecular weight excluding hydrogens is 182 g/mol. The Morgan fingerprint density at radius 3 is 2.50 bits per heavy atom. The van der Waals surface area contributed by atoms with Crippen LogP contribution in [-0.4, -0.2) is 46.3 Å². The van der Waals surface area contributed by atoms with E-state index in [0.717, 1.165) is 13.0 Å². The van der Waals surface area contributed by atoms with Gasteiger partial charge in [0, 0.05) is 6.54 Å². The Morgan fingerprint density at radius 2 is 2.07 bits per heavy atom. The number of nitrogens with zero attached hydrogens (tertiary/aromatic N) is 1. The zero-order valence-corrected chi connectivity index (χ0v) is 9.23. The number of aliphatic carboxylic acids is 1. The minimum absolute atomic E-state index is 0.580. The van der Waals surface area contributed by atoms with E-state index < -0.39 is 18.1 Å². The predicted octanol–water partition coefficient (Wildman–Crippen LogP) is 0.942. The van der Waals surface area contributed by atoms with Crippen LogP contribution in [0.4, 0.5) is 0 Å². The van der Waals surface area contributed by atoms with Crippen molar-refractivity contribution in [3.63, 3.8) is 0 Å². The van der Waals surface area contributed by atoms with Crippen LogP contribution >= 0.6 is 0 Å². The Balaban J connectivity index is 0.000000791. The van der Waals surface area contributed by atoms with E-state index in [4.69, 9.17) is 5.11 Å². The van der Waals surface area contributed by atoms with Gasteiger partial charge in [-0.05, 0) is 19.4 Å². The molecule has 0 aliphatic carbocycles. The van der Waals surface area contributed by atoms with Crippen molar-refractivity contribution in [2.45, 2.75) is 45.8 Å². The first-order valence-corrected chi connectivity index (χ1v) is 5.31. The van der Waals surface area contributed by atoms with E-state index in [1.807, 2.05) is 25.7 Å². The topological polar surface area (TPSA) is 60.8 Å². The highest BCUT2D eigenvalue weighted by Crippen LogP contribution is 2.17. The Bertz CT molecular complexity index is 171. The van der Waals surface area contributed by atoms with Gasteiger partial charge in [-0.25, -0.2) is 0 Å². The molecule has 1 rings (SSSR count). The number of carboxylic acid groups (broad SMARTS) is 1. The SMILES string of the molecule is CC.CCCN1CCC(O)C1C(=O)O. The van der Waals surface area contributed by atoms with Gasteiger partial charge < -0.3 is 10.2 Å². The highest BCUT2D eigenvalue weighted by molar-refractivity contribution is 5.74. The molecular formula is C10H21NO3. The molecule has 2 N–H and O–H groups in total. The van der Waals surface area contributed by atoms with E-state index in [0.29, 0.717) is 13.0 Å². The van der Waals surface area contributed by atoms with Crippen molar-refractivity contribution in [2.75, 3.05) is 13.1 Å². The second kappa shape index (κ2) is 6.79. The van der Waals surface area contributed by atoms with Crippen molar-refractivity contribution in [3.05, 3.63) is 0 Å². The molecule has 0 radical (unpaired) electrons. The van der Waals surface area contributed by atoms with E-state index in [-0.39, 0.29) is 0 Å². The van der Waals surface area contributed by atoms with E-state index in [1.54, 1.807) is 0 Å². The fraction of sp³-hybridized carbons (Fsp3) is 0.900. The molecule has 1 fully saturated rings. The van der Waals surface area contributed by atoms with Gasteiger partial charge in [-0.3, -0.25) is 9.69 Å². The molecule has 4 heteroatoms. The Kier molecular flexibility index (Phi) is 6.49. The second-order valence-corrected chi connectivity index (χ2v) is 3.18. The second-order valence-electron chi connectivity index (χ2n) is 3.18. The van der Waals surface area contributed by atoms with Crippen molar-refractivity contribution < 1.29 is 15.0 Å². The molecule has 0 aromatic carbocycles.